The minimum Gasteiger partial charge on any atom is -0.314 e. The van der Waals surface area contributed by atoms with Crippen molar-refractivity contribution in [3.05, 3.63) is 0 Å². The van der Waals surface area contributed by atoms with E-state index >= 15 is 0 Å². The van der Waals surface area contributed by atoms with Crippen molar-refractivity contribution in [2.24, 2.45) is 0 Å². The largest absolute Gasteiger partial charge is 0.314 e. The van der Waals surface area contributed by atoms with Crippen LogP contribution in [0, 0.1) is 0 Å². The van der Waals surface area contributed by atoms with Crippen molar-refractivity contribution in [2.45, 2.75) is 23.8 Å². The first kappa shape index (κ1) is 12.7. The summed E-state index contributed by atoms with van der Waals surface area (Å²) in [5.74, 6) is 0.715. The molecule has 2 rings (SSSR count). The van der Waals surface area contributed by atoms with Crippen molar-refractivity contribution in [3.8, 4) is 0 Å². The molecule has 2 saturated heterocycles. The van der Waals surface area contributed by atoms with Gasteiger partial charge in [0.2, 0.25) is 0 Å². The summed E-state index contributed by atoms with van der Waals surface area (Å²) in [5.41, 5.74) is 0. The summed E-state index contributed by atoms with van der Waals surface area (Å²) >= 11 is 1.87. The Kier molecular flexibility index (Phi) is 3.83. The SMILES string of the molecule is CSC1CNCC1N(C)C1CCS(=O)(=O)C1. The highest BCUT2D eigenvalue weighted by atomic mass is 32.2. The molecular weight excluding hydrogens is 244 g/mol. The van der Waals surface area contributed by atoms with Gasteiger partial charge in [-0.2, -0.15) is 11.8 Å². The van der Waals surface area contributed by atoms with E-state index in [1.54, 1.807) is 0 Å². The van der Waals surface area contributed by atoms with Crippen LogP contribution in [0.15, 0.2) is 0 Å². The van der Waals surface area contributed by atoms with Crippen LogP contribution in [0.3, 0.4) is 0 Å². The van der Waals surface area contributed by atoms with E-state index in [1.807, 2.05) is 11.8 Å². The van der Waals surface area contributed by atoms with Gasteiger partial charge >= 0.3 is 0 Å². The highest BCUT2D eigenvalue weighted by Crippen LogP contribution is 2.25. The second kappa shape index (κ2) is 4.84. The minimum absolute atomic E-state index is 0.226. The Bertz CT molecular complexity index is 345. The molecule has 0 aliphatic carbocycles. The van der Waals surface area contributed by atoms with Crippen molar-refractivity contribution < 1.29 is 8.42 Å². The number of thioether (sulfide) groups is 1. The number of sulfone groups is 1. The molecule has 0 spiro atoms. The van der Waals surface area contributed by atoms with E-state index in [1.165, 1.54) is 0 Å². The number of rotatable bonds is 3. The van der Waals surface area contributed by atoms with E-state index in [0.717, 1.165) is 19.5 Å². The average molecular weight is 264 g/mol. The van der Waals surface area contributed by atoms with Crippen molar-refractivity contribution in [1.82, 2.24) is 10.2 Å². The Hall–Kier alpha value is 0.220. The van der Waals surface area contributed by atoms with Crippen molar-refractivity contribution in [2.75, 3.05) is 37.9 Å². The van der Waals surface area contributed by atoms with Gasteiger partial charge in [-0.05, 0) is 19.7 Å². The Morgan fingerprint density at radius 1 is 1.38 bits per heavy atom. The van der Waals surface area contributed by atoms with Crippen LogP contribution in [-0.4, -0.2) is 68.5 Å². The Balaban J connectivity index is 2.00. The van der Waals surface area contributed by atoms with Crippen molar-refractivity contribution in [3.63, 3.8) is 0 Å². The molecule has 0 amide bonds. The summed E-state index contributed by atoms with van der Waals surface area (Å²) in [4.78, 5) is 2.28. The van der Waals surface area contributed by atoms with E-state index in [0.29, 0.717) is 22.8 Å². The lowest BCUT2D eigenvalue weighted by Gasteiger charge is -2.32. The number of nitrogens with one attached hydrogen (secondary N) is 1. The molecule has 0 radical (unpaired) electrons. The second-order valence-corrected chi connectivity index (χ2v) is 8.03. The molecule has 1 N–H and O–H groups in total. The molecule has 4 nitrogen and oxygen atoms in total. The molecule has 0 aromatic rings. The van der Waals surface area contributed by atoms with Gasteiger partial charge in [0, 0.05) is 30.4 Å². The predicted octanol–water partition coefficient (Wildman–Crippen LogP) is -0.191. The van der Waals surface area contributed by atoms with Crippen molar-refractivity contribution >= 4 is 21.6 Å². The molecule has 2 aliphatic heterocycles. The molecule has 3 atom stereocenters. The number of hydrogen-bond donors (Lipinski definition) is 1. The first-order chi connectivity index (χ1) is 7.53. The predicted molar refractivity (Wildman–Crippen MR) is 68.8 cm³/mol. The van der Waals surface area contributed by atoms with Crippen LogP contribution in [0.1, 0.15) is 6.42 Å². The van der Waals surface area contributed by atoms with Gasteiger partial charge in [-0.3, -0.25) is 4.90 Å². The van der Waals surface area contributed by atoms with Crippen LogP contribution in [0.4, 0.5) is 0 Å². The molecule has 3 unspecified atom stereocenters. The molecule has 0 aromatic carbocycles. The zero-order valence-electron chi connectivity index (χ0n) is 9.85. The lowest BCUT2D eigenvalue weighted by molar-refractivity contribution is 0.202. The summed E-state index contributed by atoms with van der Waals surface area (Å²) < 4.78 is 22.9. The fourth-order valence-electron chi connectivity index (χ4n) is 2.66. The van der Waals surface area contributed by atoms with Gasteiger partial charge in [0.05, 0.1) is 11.5 Å². The van der Waals surface area contributed by atoms with Crippen LogP contribution >= 0.6 is 11.8 Å². The zero-order valence-corrected chi connectivity index (χ0v) is 11.5. The minimum atomic E-state index is -2.76. The summed E-state index contributed by atoms with van der Waals surface area (Å²) in [6.45, 7) is 2.02. The highest BCUT2D eigenvalue weighted by molar-refractivity contribution is 7.99. The summed E-state index contributed by atoms with van der Waals surface area (Å²) in [5, 5.41) is 3.98. The second-order valence-electron chi connectivity index (χ2n) is 4.72. The smallest absolute Gasteiger partial charge is 0.151 e. The molecule has 0 aromatic heterocycles. The molecule has 94 valence electrons. The fourth-order valence-corrected chi connectivity index (χ4v) is 5.33. The normalized spacial score (nSPS) is 38.3. The Labute approximate surface area is 102 Å². The third-order valence-electron chi connectivity index (χ3n) is 3.74. The molecule has 2 heterocycles. The van der Waals surface area contributed by atoms with E-state index in [2.05, 4.69) is 23.5 Å². The molecule has 16 heavy (non-hydrogen) atoms. The Morgan fingerprint density at radius 2 is 2.12 bits per heavy atom. The summed E-state index contributed by atoms with van der Waals surface area (Å²) in [7, 11) is -0.687. The number of nitrogens with zero attached hydrogens (tertiary/aromatic N) is 1. The summed E-state index contributed by atoms with van der Waals surface area (Å²) in [6, 6.07) is 0.706. The standard InChI is InChI=1S/C10H20N2O2S2/c1-12(8-3-4-16(13,14)7-8)9-5-11-6-10(9)15-2/h8-11H,3-7H2,1-2H3. The van der Waals surface area contributed by atoms with Gasteiger partial charge < -0.3 is 5.32 Å². The van der Waals surface area contributed by atoms with Crippen LogP contribution < -0.4 is 5.32 Å². The van der Waals surface area contributed by atoms with Crippen LogP contribution in [0.2, 0.25) is 0 Å². The fraction of sp³-hybridized carbons (Fsp3) is 1.00. The van der Waals surface area contributed by atoms with Gasteiger partial charge in [-0.25, -0.2) is 8.42 Å². The maximum absolute atomic E-state index is 11.5. The van der Waals surface area contributed by atoms with Gasteiger partial charge in [0.25, 0.3) is 0 Å². The van der Waals surface area contributed by atoms with Crippen LogP contribution in [-0.2, 0) is 9.84 Å². The Morgan fingerprint density at radius 3 is 2.69 bits per heavy atom. The van der Waals surface area contributed by atoms with Gasteiger partial charge in [0.1, 0.15) is 0 Å². The monoisotopic (exact) mass is 264 g/mol. The van der Waals surface area contributed by atoms with E-state index in [9.17, 15) is 8.42 Å². The summed E-state index contributed by atoms with van der Waals surface area (Å²) in [6.07, 6.45) is 2.93. The van der Waals surface area contributed by atoms with Gasteiger partial charge in [-0.1, -0.05) is 0 Å². The lowest BCUT2D eigenvalue weighted by Crippen LogP contribution is -2.46. The maximum Gasteiger partial charge on any atom is 0.151 e. The van der Waals surface area contributed by atoms with Gasteiger partial charge in [0.15, 0.2) is 9.84 Å². The maximum atomic E-state index is 11.5. The quantitative estimate of drug-likeness (QED) is 0.766. The third-order valence-corrected chi connectivity index (χ3v) is 6.58. The molecule has 0 bridgehead atoms. The van der Waals surface area contributed by atoms with Gasteiger partial charge in [-0.15, -0.1) is 0 Å². The number of likely N-dealkylation sites (N-methyl/N-ethyl adjacent to an activating group) is 1. The van der Waals surface area contributed by atoms with Crippen molar-refractivity contribution in [1.29, 1.82) is 0 Å². The van der Waals surface area contributed by atoms with Crippen LogP contribution in [0.25, 0.3) is 0 Å². The van der Waals surface area contributed by atoms with Crippen LogP contribution in [0.5, 0.6) is 0 Å². The molecular formula is C10H20N2O2S2. The lowest BCUT2D eigenvalue weighted by atomic mass is 10.1. The molecule has 2 aliphatic rings. The average Bonchev–Trinajstić information content (AvgIpc) is 2.82. The first-order valence-electron chi connectivity index (χ1n) is 5.69. The molecule has 0 saturated carbocycles. The zero-order chi connectivity index (χ0) is 11.8. The molecule has 2 fully saturated rings. The topological polar surface area (TPSA) is 49.4 Å². The third kappa shape index (κ3) is 2.55. The first-order valence-corrected chi connectivity index (χ1v) is 8.80. The molecule has 6 heteroatoms. The van der Waals surface area contributed by atoms with E-state index in [-0.39, 0.29) is 6.04 Å². The van der Waals surface area contributed by atoms with E-state index < -0.39 is 9.84 Å². The highest BCUT2D eigenvalue weighted by Gasteiger charge is 2.37. The van der Waals surface area contributed by atoms with E-state index in [4.69, 9.17) is 0 Å². The number of hydrogen-bond acceptors (Lipinski definition) is 5.